The van der Waals surface area contributed by atoms with E-state index in [1.54, 1.807) is 23.0 Å². The molecule has 1 atom stereocenters. The van der Waals surface area contributed by atoms with Crippen LogP contribution >= 0.6 is 0 Å². The number of aliphatic hydroxyl groups is 1. The van der Waals surface area contributed by atoms with E-state index in [0.29, 0.717) is 24.4 Å². The molecule has 140 valence electrons. The highest BCUT2D eigenvalue weighted by atomic mass is 16.5. The van der Waals surface area contributed by atoms with Crippen LogP contribution in [0.25, 0.3) is 5.69 Å². The second kappa shape index (κ2) is 8.95. The molecule has 0 saturated heterocycles. The molecule has 1 aromatic heterocycles. The zero-order valence-electron chi connectivity index (χ0n) is 15.1. The number of aliphatic hydroxyl groups excluding tert-OH is 1. The third-order valence-corrected chi connectivity index (χ3v) is 4.11. The molecule has 0 bridgehead atoms. The zero-order valence-corrected chi connectivity index (χ0v) is 15.1. The first kappa shape index (κ1) is 18.6. The average Bonchev–Trinajstić information content (AvgIpc) is 3.18. The van der Waals surface area contributed by atoms with Crippen molar-refractivity contribution in [1.29, 1.82) is 0 Å². The Kier molecular flexibility index (Phi) is 6.17. The Hall–Kier alpha value is -3.19. The first-order valence-corrected chi connectivity index (χ1v) is 8.77. The van der Waals surface area contributed by atoms with Gasteiger partial charge in [-0.05, 0) is 42.8 Å². The smallest absolute Gasteiger partial charge is 0.227 e. The molecule has 3 rings (SSSR count). The van der Waals surface area contributed by atoms with Gasteiger partial charge in [-0.2, -0.15) is 0 Å². The molecule has 1 amide bonds. The van der Waals surface area contributed by atoms with E-state index >= 15 is 0 Å². The molecule has 7 heteroatoms. The van der Waals surface area contributed by atoms with Crippen LogP contribution in [0.15, 0.2) is 60.8 Å². The van der Waals surface area contributed by atoms with E-state index < -0.39 is 0 Å². The van der Waals surface area contributed by atoms with Gasteiger partial charge in [0.05, 0.1) is 25.1 Å². The van der Waals surface area contributed by atoms with Crippen molar-refractivity contribution in [1.82, 2.24) is 15.0 Å². The Morgan fingerprint density at radius 1 is 1.19 bits per heavy atom. The van der Waals surface area contributed by atoms with Gasteiger partial charge in [0.2, 0.25) is 5.91 Å². The van der Waals surface area contributed by atoms with E-state index in [0.717, 1.165) is 11.4 Å². The summed E-state index contributed by atoms with van der Waals surface area (Å²) >= 11 is 0. The van der Waals surface area contributed by atoms with Gasteiger partial charge in [-0.1, -0.05) is 30.3 Å². The van der Waals surface area contributed by atoms with Crippen LogP contribution in [0, 0.1) is 5.92 Å². The predicted octanol–water partition coefficient (Wildman–Crippen LogP) is 2.80. The average molecular weight is 366 g/mol. The first-order valence-electron chi connectivity index (χ1n) is 8.77. The van der Waals surface area contributed by atoms with Crippen LogP contribution in [-0.4, -0.2) is 32.6 Å². The first-order chi connectivity index (χ1) is 13.2. The summed E-state index contributed by atoms with van der Waals surface area (Å²) in [4.78, 5) is 12.3. The summed E-state index contributed by atoms with van der Waals surface area (Å²) in [5.41, 5.74) is 2.01. The minimum absolute atomic E-state index is 0.0530. The van der Waals surface area contributed by atoms with E-state index in [-0.39, 0.29) is 18.4 Å². The number of carbonyl (C=O) groups is 1. The number of carbonyl (C=O) groups excluding carboxylic acids is 1. The topological polar surface area (TPSA) is 89.3 Å². The number of aromatic nitrogens is 3. The number of hydrogen-bond donors (Lipinski definition) is 2. The zero-order chi connectivity index (χ0) is 19.1. The molecule has 0 saturated carbocycles. The molecule has 0 spiro atoms. The van der Waals surface area contributed by atoms with Crippen molar-refractivity contribution in [2.24, 2.45) is 5.92 Å². The molecular weight excluding hydrogens is 344 g/mol. The summed E-state index contributed by atoms with van der Waals surface area (Å²) < 4.78 is 7.21. The van der Waals surface area contributed by atoms with Crippen LogP contribution < -0.4 is 10.1 Å². The monoisotopic (exact) mass is 366 g/mol. The molecule has 1 heterocycles. The minimum Gasteiger partial charge on any atom is -0.494 e. The summed E-state index contributed by atoms with van der Waals surface area (Å²) in [7, 11) is 0. The molecule has 0 aliphatic rings. The van der Waals surface area contributed by atoms with E-state index in [9.17, 15) is 4.79 Å². The number of hydrogen-bond acceptors (Lipinski definition) is 5. The van der Waals surface area contributed by atoms with Crippen LogP contribution in [-0.2, 0) is 11.4 Å². The minimum atomic E-state index is -0.171. The quantitative estimate of drug-likeness (QED) is 0.640. The van der Waals surface area contributed by atoms with Crippen molar-refractivity contribution in [2.45, 2.75) is 20.0 Å². The molecule has 0 aliphatic heterocycles. The number of para-hydroxylation sites is 1. The fraction of sp³-hybridized carbons (Fsp3) is 0.250. The van der Waals surface area contributed by atoms with E-state index in [4.69, 9.17) is 9.84 Å². The van der Waals surface area contributed by atoms with Crippen LogP contribution in [0.1, 0.15) is 19.0 Å². The lowest BCUT2D eigenvalue weighted by atomic mass is 10.1. The highest BCUT2D eigenvalue weighted by molar-refractivity contribution is 5.92. The summed E-state index contributed by atoms with van der Waals surface area (Å²) in [6, 6.07) is 16.8. The van der Waals surface area contributed by atoms with Gasteiger partial charge < -0.3 is 15.2 Å². The van der Waals surface area contributed by atoms with Crippen molar-refractivity contribution in [3.8, 4) is 11.4 Å². The number of benzene rings is 2. The highest BCUT2D eigenvalue weighted by Gasteiger charge is 2.13. The number of nitrogens with one attached hydrogen (secondary N) is 1. The highest BCUT2D eigenvalue weighted by Crippen LogP contribution is 2.15. The number of nitrogens with zero attached hydrogens (tertiary/aromatic N) is 3. The maximum Gasteiger partial charge on any atom is 0.227 e. The van der Waals surface area contributed by atoms with E-state index in [1.165, 1.54) is 0 Å². The SMILES string of the molecule is C[C@H](CCOc1ccccc1)C(=O)Nc1ccc(-n2cc(CO)nn2)cc1. The Labute approximate surface area is 157 Å². The lowest BCUT2D eigenvalue weighted by molar-refractivity contribution is -0.119. The lowest BCUT2D eigenvalue weighted by Gasteiger charge is -2.13. The van der Waals surface area contributed by atoms with Gasteiger partial charge in [0.15, 0.2) is 0 Å². The standard InChI is InChI=1S/C20H22N4O3/c1-15(11-12-27-19-5-3-2-4-6-19)20(26)21-16-7-9-18(10-8-16)24-13-17(14-25)22-23-24/h2-10,13,15,25H,11-12,14H2,1H3,(H,21,26)/t15-/m1/s1. The van der Waals surface area contributed by atoms with Gasteiger partial charge in [0.25, 0.3) is 0 Å². The molecule has 0 radical (unpaired) electrons. The van der Waals surface area contributed by atoms with Crippen molar-refractivity contribution in [2.75, 3.05) is 11.9 Å². The third-order valence-electron chi connectivity index (χ3n) is 4.11. The normalized spacial score (nSPS) is 11.8. The molecule has 0 unspecified atom stereocenters. The molecule has 2 aromatic carbocycles. The molecule has 7 nitrogen and oxygen atoms in total. The van der Waals surface area contributed by atoms with Crippen molar-refractivity contribution in [3.63, 3.8) is 0 Å². The number of amides is 1. The molecule has 2 N–H and O–H groups in total. The number of anilines is 1. The summed E-state index contributed by atoms with van der Waals surface area (Å²) in [5, 5.41) is 19.7. The van der Waals surface area contributed by atoms with Gasteiger partial charge in [-0.15, -0.1) is 5.10 Å². The van der Waals surface area contributed by atoms with Crippen molar-refractivity contribution in [3.05, 3.63) is 66.5 Å². The Balaban J connectivity index is 1.49. The largest absolute Gasteiger partial charge is 0.494 e. The summed E-state index contributed by atoms with van der Waals surface area (Å²) in [6.07, 6.45) is 2.28. The number of ether oxygens (including phenoxy) is 1. The number of rotatable bonds is 8. The molecule has 0 aliphatic carbocycles. The van der Waals surface area contributed by atoms with Gasteiger partial charge in [-0.25, -0.2) is 4.68 Å². The Morgan fingerprint density at radius 2 is 1.93 bits per heavy atom. The molecule has 0 fully saturated rings. The Bertz CT molecular complexity index is 862. The van der Waals surface area contributed by atoms with E-state index in [2.05, 4.69) is 15.6 Å². The second-order valence-electron chi connectivity index (χ2n) is 6.20. The van der Waals surface area contributed by atoms with Gasteiger partial charge in [-0.3, -0.25) is 4.79 Å². The van der Waals surface area contributed by atoms with Gasteiger partial charge >= 0.3 is 0 Å². The van der Waals surface area contributed by atoms with Crippen LogP contribution in [0.2, 0.25) is 0 Å². The Morgan fingerprint density at radius 3 is 2.59 bits per heavy atom. The van der Waals surface area contributed by atoms with Crippen molar-refractivity contribution < 1.29 is 14.6 Å². The van der Waals surface area contributed by atoms with Crippen LogP contribution in [0.4, 0.5) is 5.69 Å². The van der Waals surface area contributed by atoms with Gasteiger partial charge in [0, 0.05) is 11.6 Å². The second-order valence-corrected chi connectivity index (χ2v) is 6.20. The molecular formula is C20H22N4O3. The van der Waals surface area contributed by atoms with E-state index in [1.807, 2.05) is 49.4 Å². The predicted molar refractivity (Wildman–Crippen MR) is 102 cm³/mol. The summed E-state index contributed by atoms with van der Waals surface area (Å²) in [5.74, 6) is 0.580. The molecule has 27 heavy (non-hydrogen) atoms. The van der Waals surface area contributed by atoms with Crippen LogP contribution in [0.3, 0.4) is 0 Å². The molecule has 3 aromatic rings. The fourth-order valence-electron chi connectivity index (χ4n) is 2.46. The van der Waals surface area contributed by atoms with Gasteiger partial charge in [0.1, 0.15) is 11.4 Å². The maximum atomic E-state index is 12.3. The fourth-order valence-corrected chi connectivity index (χ4v) is 2.46. The maximum absolute atomic E-state index is 12.3. The van der Waals surface area contributed by atoms with Crippen molar-refractivity contribution >= 4 is 11.6 Å². The lowest BCUT2D eigenvalue weighted by Crippen LogP contribution is -2.22. The third kappa shape index (κ3) is 5.15. The van der Waals surface area contributed by atoms with Crippen LogP contribution in [0.5, 0.6) is 5.75 Å². The summed E-state index contributed by atoms with van der Waals surface area (Å²) in [6.45, 7) is 2.21.